The number of hydrogen-bond acceptors (Lipinski definition) is 5. The molecular weight excluding hydrogens is 518 g/mol. The highest BCUT2D eigenvalue weighted by Gasteiger charge is 2.17. The van der Waals surface area contributed by atoms with Gasteiger partial charge in [0.2, 0.25) is 0 Å². The van der Waals surface area contributed by atoms with Crippen molar-refractivity contribution in [2.24, 2.45) is 4.99 Å². The molecule has 0 amide bonds. The fourth-order valence-corrected chi connectivity index (χ4v) is 5.45. The minimum Gasteiger partial charge on any atom is -0.263 e. The van der Waals surface area contributed by atoms with Crippen LogP contribution < -0.4 is 4.72 Å². The molecule has 186 valence electrons. The highest BCUT2D eigenvalue weighted by Crippen LogP contribution is 2.28. The van der Waals surface area contributed by atoms with Crippen molar-refractivity contribution in [3.63, 3.8) is 0 Å². The summed E-state index contributed by atoms with van der Waals surface area (Å²) in [5, 5.41) is 6.74. The Bertz CT molecular complexity index is 1920. The van der Waals surface area contributed by atoms with Crippen molar-refractivity contribution in [2.45, 2.75) is 4.90 Å². The number of aromatic nitrogens is 3. The molecule has 7 nitrogen and oxygen atoms in total. The molecule has 0 radical (unpaired) electrons. The third-order valence-electron chi connectivity index (χ3n) is 6.06. The molecule has 0 aliphatic carbocycles. The van der Waals surface area contributed by atoms with E-state index in [0.717, 1.165) is 33.1 Å². The monoisotopic (exact) mass is 537 g/mol. The normalized spacial score (nSPS) is 11.9. The topological polar surface area (TPSA) is 89.2 Å². The van der Waals surface area contributed by atoms with Gasteiger partial charge in [0.05, 0.1) is 33.5 Å². The molecule has 0 saturated carbocycles. The standard InChI is InChI=1S/C29H20ClN5O2S/c30-20-10-15-25-26(24-8-4-5-9-27(24)33-28(25)18-20)19-31-21-11-13-23(14-12-21)38(36,37)34-29-16-17-32-35(29)22-6-2-1-3-7-22/h1-19,34H. The van der Waals surface area contributed by atoms with Gasteiger partial charge in [-0.25, -0.2) is 18.1 Å². The summed E-state index contributed by atoms with van der Waals surface area (Å²) in [7, 11) is -3.84. The number of hydrogen-bond donors (Lipinski definition) is 1. The number of nitrogens with one attached hydrogen (secondary N) is 1. The summed E-state index contributed by atoms with van der Waals surface area (Å²) in [5.41, 5.74) is 3.89. The number of nitrogens with zero attached hydrogens (tertiary/aromatic N) is 4. The number of aliphatic imine (C=N–C) groups is 1. The van der Waals surface area contributed by atoms with E-state index in [9.17, 15) is 8.42 Å². The molecule has 0 spiro atoms. The molecular formula is C29H20ClN5O2S. The van der Waals surface area contributed by atoms with Crippen LogP contribution in [0, 0.1) is 0 Å². The van der Waals surface area contributed by atoms with Gasteiger partial charge in [0.25, 0.3) is 10.0 Å². The number of rotatable bonds is 6. The average Bonchev–Trinajstić information content (AvgIpc) is 3.39. The fraction of sp³-hybridized carbons (Fsp3) is 0. The van der Waals surface area contributed by atoms with E-state index >= 15 is 0 Å². The van der Waals surface area contributed by atoms with Crippen LogP contribution in [-0.4, -0.2) is 29.4 Å². The summed E-state index contributed by atoms with van der Waals surface area (Å²) in [6, 6.07) is 30.7. The molecule has 0 aliphatic rings. The first-order chi connectivity index (χ1) is 18.5. The smallest absolute Gasteiger partial charge is 0.263 e. The van der Waals surface area contributed by atoms with Crippen molar-refractivity contribution in [3.8, 4) is 5.69 Å². The summed E-state index contributed by atoms with van der Waals surface area (Å²) in [6.07, 6.45) is 3.32. The van der Waals surface area contributed by atoms with E-state index in [4.69, 9.17) is 16.6 Å². The first-order valence-electron chi connectivity index (χ1n) is 11.7. The van der Waals surface area contributed by atoms with Gasteiger partial charge in [-0.15, -0.1) is 0 Å². The number of fused-ring (bicyclic) bond motifs is 2. The minimum absolute atomic E-state index is 0.117. The third-order valence-corrected chi connectivity index (χ3v) is 7.66. The predicted octanol–water partition coefficient (Wildman–Crippen LogP) is 6.78. The van der Waals surface area contributed by atoms with Gasteiger partial charge in [0.15, 0.2) is 0 Å². The zero-order valence-electron chi connectivity index (χ0n) is 19.9. The Hall–Kier alpha value is -4.53. The molecule has 4 aromatic carbocycles. The van der Waals surface area contributed by atoms with Gasteiger partial charge in [-0.3, -0.25) is 9.71 Å². The average molecular weight is 538 g/mol. The van der Waals surface area contributed by atoms with E-state index in [2.05, 4.69) is 14.8 Å². The third kappa shape index (κ3) is 4.63. The Morgan fingerprint density at radius 2 is 1.55 bits per heavy atom. The van der Waals surface area contributed by atoms with Crippen molar-refractivity contribution in [3.05, 3.63) is 120 Å². The maximum atomic E-state index is 13.1. The molecule has 2 aromatic heterocycles. The maximum absolute atomic E-state index is 13.1. The van der Waals surface area contributed by atoms with Crippen LogP contribution in [0.2, 0.25) is 5.02 Å². The number of para-hydroxylation sites is 2. The molecule has 9 heteroatoms. The Morgan fingerprint density at radius 3 is 2.37 bits per heavy atom. The Morgan fingerprint density at radius 1 is 0.816 bits per heavy atom. The lowest BCUT2D eigenvalue weighted by Crippen LogP contribution is -2.15. The molecule has 0 fully saturated rings. The van der Waals surface area contributed by atoms with Crippen molar-refractivity contribution in [2.75, 3.05) is 4.72 Å². The van der Waals surface area contributed by atoms with E-state index < -0.39 is 10.0 Å². The van der Waals surface area contributed by atoms with E-state index in [0.29, 0.717) is 16.5 Å². The maximum Gasteiger partial charge on any atom is 0.263 e. The molecule has 0 saturated heterocycles. The van der Waals surface area contributed by atoms with Gasteiger partial charge >= 0.3 is 0 Å². The first-order valence-corrected chi connectivity index (χ1v) is 13.6. The molecule has 1 N–H and O–H groups in total. The van der Waals surface area contributed by atoms with E-state index in [-0.39, 0.29) is 4.90 Å². The van der Waals surface area contributed by atoms with Crippen molar-refractivity contribution in [1.29, 1.82) is 0 Å². The first kappa shape index (κ1) is 23.8. The Balaban J connectivity index is 1.29. The van der Waals surface area contributed by atoms with Gasteiger partial charge in [-0.1, -0.05) is 54.1 Å². The van der Waals surface area contributed by atoms with Crippen LogP contribution in [0.4, 0.5) is 11.5 Å². The predicted molar refractivity (Wildman–Crippen MR) is 152 cm³/mol. The second kappa shape index (κ2) is 9.74. The van der Waals surface area contributed by atoms with Crippen LogP contribution in [0.15, 0.2) is 119 Å². The van der Waals surface area contributed by atoms with Gasteiger partial charge in [0, 0.05) is 33.6 Å². The van der Waals surface area contributed by atoms with Crippen molar-refractivity contribution >= 4 is 61.1 Å². The largest absolute Gasteiger partial charge is 0.263 e. The van der Waals surface area contributed by atoms with Gasteiger partial charge < -0.3 is 0 Å². The Labute approximate surface area is 224 Å². The van der Waals surface area contributed by atoms with Crippen LogP contribution in [0.1, 0.15) is 5.56 Å². The zero-order chi connectivity index (χ0) is 26.1. The molecule has 2 heterocycles. The minimum atomic E-state index is -3.84. The summed E-state index contributed by atoms with van der Waals surface area (Å²) in [5.74, 6) is 0.342. The number of pyridine rings is 1. The van der Waals surface area contributed by atoms with Crippen LogP contribution in [-0.2, 0) is 10.0 Å². The molecule has 0 bridgehead atoms. The van der Waals surface area contributed by atoms with Crippen molar-refractivity contribution < 1.29 is 8.42 Å². The van der Waals surface area contributed by atoms with Gasteiger partial charge in [-0.05, 0) is 54.6 Å². The quantitative estimate of drug-likeness (QED) is 0.187. The lowest BCUT2D eigenvalue weighted by Gasteiger charge is -2.11. The zero-order valence-corrected chi connectivity index (χ0v) is 21.4. The number of sulfonamides is 1. The van der Waals surface area contributed by atoms with E-state index in [1.807, 2.05) is 72.8 Å². The number of benzene rings is 4. The molecule has 38 heavy (non-hydrogen) atoms. The van der Waals surface area contributed by atoms with Crippen LogP contribution >= 0.6 is 11.6 Å². The summed E-state index contributed by atoms with van der Waals surface area (Å²) >= 11 is 6.20. The summed E-state index contributed by atoms with van der Waals surface area (Å²) in [4.78, 5) is 9.48. The molecule has 0 aliphatic heterocycles. The molecule has 0 atom stereocenters. The van der Waals surface area contributed by atoms with E-state index in [1.54, 1.807) is 30.6 Å². The van der Waals surface area contributed by atoms with Crippen LogP contribution in [0.3, 0.4) is 0 Å². The summed E-state index contributed by atoms with van der Waals surface area (Å²) in [6.45, 7) is 0. The van der Waals surface area contributed by atoms with Gasteiger partial charge in [0.1, 0.15) is 5.82 Å². The highest BCUT2D eigenvalue weighted by atomic mass is 35.5. The van der Waals surface area contributed by atoms with Crippen molar-refractivity contribution in [1.82, 2.24) is 14.8 Å². The number of halogens is 1. The second-order valence-corrected chi connectivity index (χ2v) is 10.6. The molecule has 6 rings (SSSR count). The molecule has 6 aromatic rings. The second-order valence-electron chi connectivity index (χ2n) is 8.53. The lowest BCUT2D eigenvalue weighted by atomic mass is 10.0. The van der Waals surface area contributed by atoms with Crippen LogP contribution in [0.25, 0.3) is 27.5 Å². The summed E-state index contributed by atoms with van der Waals surface area (Å²) < 4.78 is 30.3. The fourth-order valence-electron chi connectivity index (χ4n) is 4.24. The van der Waals surface area contributed by atoms with E-state index in [1.165, 1.54) is 16.8 Å². The lowest BCUT2D eigenvalue weighted by molar-refractivity contribution is 0.600. The number of anilines is 1. The van der Waals surface area contributed by atoms with Gasteiger partial charge in [-0.2, -0.15) is 5.10 Å². The Kier molecular flexibility index (Phi) is 6.11. The molecule has 0 unspecified atom stereocenters. The van der Waals surface area contributed by atoms with Crippen LogP contribution in [0.5, 0.6) is 0 Å². The SMILES string of the molecule is O=S(=O)(Nc1ccnn1-c1ccccc1)c1ccc(N=Cc2c3ccccc3nc3cc(Cl)ccc23)cc1. The highest BCUT2D eigenvalue weighted by molar-refractivity contribution is 7.92.